The van der Waals surface area contributed by atoms with Gasteiger partial charge in [-0.1, -0.05) is 29.8 Å². The summed E-state index contributed by atoms with van der Waals surface area (Å²) in [5, 5.41) is 12.2. The van der Waals surface area contributed by atoms with E-state index in [1.807, 2.05) is 0 Å². The normalized spacial score (nSPS) is 11.7. The van der Waals surface area contributed by atoms with Crippen LogP contribution in [-0.2, 0) is 11.2 Å². The average molecular weight is 305 g/mol. The first-order valence-electron chi connectivity index (χ1n) is 6.25. The number of rotatable bonds is 5. The Morgan fingerprint density at radius 2 is 1.86 bits per heavy atom. The summed E-state index contributed by atoms with van der Waals surface area (Å²) in [7, 11) is 0. The summed E-state index contributed by atoms with van der Waals surface area (Å²) >= 11 is 6.01. The Hall–Kier alpha value is -2.40. The first-order chi connectivity index (χ1) is 10.1. The van der Waals surface area contributed by atoms with Crippen LogP contribution in [-0.4, -0.2) is 28.0 Å². The highest BCUT2D eigenvalue weighted by molar-refractivity contribution is 6.31. The van der Waals surface area contributed by atoms with E-state index in [0.29, 0.717) is 16.1 Å². The molecule has 2 rings (SSSR count). The van der Waals surface area contributed by atoms with Gasteiger partial charge in [0, 0.05) is 29.4 Å². The molecule has 0 saturated heterocycles. The molecule has 1 aromatic carbocycles. The summed E-state index contributed by atoms with van der Waals surface area (Å²) in [6.07, 6.45) is 3.06. The zero-order valence-corrected chi connectivity index (χ0v) is 11.7. The number of benzene rings is 1. The van der Waals surface area contributed by atoms with E-state index in [0.717, 1.165) is 0 Å². The third kappa shape index (κ3) is 4.03. The number of nitrogens with one attached hydrogen (secondary N) is 1. The van der Waals surface area contributed by atoms with Gasteiger partial charge in [-0.15, -0.1) is 0 Å². The van der Waals surface area contributed by atoms with Crippen LogP contribution in [0.15, 0.2) is 48.8 Å². The molecule has 2 aromatic rings. The standard InChI is InChI=1S/C15H13ClN2O3/c16-12-4-2-1-3-11(12)9-13(15(20)21)18-14(19)10-5-7-17-8-6-10/h1-8,13H,9H2,(H,18,19)(H,20,21)/t13-/m1/s1. The summed E-state index contributed by atoms with van der Waals surface area (Å²) in [6, 6.07) is 8.93. The van der Waals surface area contributed by atoms with Gasteiger partial charge in [-0.25, -0.2) is 4.79 Å². The molecule has 21 heavy (non-hydrogen) atoms. The Morgan fingerprint density at radius 3 is 2.48 bits per heavy atom. The van der Waals surface area contributed by atoms with Crippen molar-refractivity contribution in [1.29, 1.82) is 0 Å². The minimum Gasteiger partial charge on any atom is -0.480 e. The van der Waals surface area contributed by atoms with E-state index >= 15 is 0 Å². The Bertz CT molecular complexity index is 646. The van der Waals surface area contributed by atoms with Crippen molar-refractivity contribution in [2.75, 3.05) is 0 Å². The van der Waals surface area contributed by atoms with Gasteiger partial charge in [0.1, 0.15) is 6.04 Å². The molecular weight excluding hydrogens is 292 g/mol. The number of hydrogen-bond acceptors (Lipinski definition) is 3. The molecule has 1 heterocycles. The maximum Gasteiger partial charge on any atom is 0.326 e. The van der Waals surface area contributed by atoms with Gasteiger partial charge in [-0.2, -0.15) is 0 Å². The second-order valence-corrected chi connectivity index (χ2v) is 4.80. The fraction of sp³-hybridized carbons (Fsp3) is 0.133. The number of nitrogens with zero attached hydrogens (tertiary/aromatic N) is 1. The highest BCUT2D eigenvalue weighted by atomic mass is 35.5. The van der Waals surface area contributed by atoms with Gasteiger partial charge in [0.15, 0.2) is 0 Å². The molecular formula is C15H13ClN2O3. The van der Waals surface area contributed by atoms with Crippen LogP contribution in [0.2, 0.25) is 5.02 Å². The van der Waals surface area contributed by atoms with Crippen molar-refractivity contribution in [3.05, 3.63) is 64.9 Å². The quantitative estimate of drug-likeness (QED) is 0.887. The highest BCUT2D eigenvalue weighted by Gasteiger charge is 2.21. The summed E-state index contributed by atoms with van der Waals surface area (Å²) in [4.78, 5) is 27.1. The van der Waals surface area contributed by atoms with Gasteiger partial charge in [0.05, 0.1) is 0 Å². The fourth-order valence-electron chi connectivity index (χ4n) is 1.83. The lowest BCUT2D eigenvalue weighted by atomic mass is 10.1. The number of carboxylic acid groups (broad SMARTS) is 1. The van der Waals surface area contributed by atoms with Gasteiger partial charge in [0.25, 0.3) is 5.91 Å². The van der Waals surface area contributed by atoms with Crippen LogP contribution in [0.25, 0.3) is 0 Å². The van der Waals surface area contributed by atoms with Crippen LogP contribution in [0.4, 0.5) is 0 Å². The zero-order valence-electron chi connectivity index (χ0n) is 11.0. The number of halogens is 1. The van der Waals surface area contributed by atoms with E-state index in [2.05, 4.69) is 10.3 Å². The predicted molar refractivity (Wildman–Crippen MR) is 78.3 cm³/mol. The molecule has 0 aliphatic rings. The third-order valence-corrected chi connectivity index (χ3v) is 3.30. The molecule has 6 heteroatoms. The van der Waals surface area contributed by atoms with Crippen LogP contribution < -0.4 is 5.32 Å². The summed E-state index contributed by atoms with van der Waals surface area (Å²) in [6.45, 7) is 0. The van der Waals surface area contributed by atoms with E-state index in [9.17, 15) is 14.7 Å². The molecule has 1 atom stereocenters. The number of amides is 1. The van der Waals surface area contributed by atoms with Crippen LogP contribution >= 0.6 is 11.6 Å². The zero-order chi connectivity index (χ0) is 15.2. The molecule has 0 unspecified atom stereocenters. The molecule has 5 nitrogen and oxygen atoms in total. The Labute approximate surface area is 126 Å². The van der Waals surface area contributed by atoms with E-state index in [-0.39, 0.29) is 6.42 Å². The van der Waals surface area contributed by atoms with Crippen LogP contribution in [0.3, 0.4) is 0 Å². The maximum absolute atomic E-state index is 12.0. The van der Waals surface area contributed by atoms with Gasteiger partial charge in [-0.3, -0.25) is 9.78 Å². The number of carbonyl (C=O) groups is 2. The predicted octanol–water partition coefficient (Wildman–Crippen LogP) is 2.16. The number of carbonyl (C=O) groups excluding carboxylic acids is 1. The molecule has 1 aromatic heterocycles. The van der Waals surface area contributed by atoms with Crippen molar-refractivity contribution in [2.45, 2.75) is 12.5 Å². The van der Waals surface area contributed by atoms with Gasteiger partial charge >= 0.3 is 5.97 Å². The Balaban J connectivity index is 2.12. The average Bonchev–Trinajstić information content (AvgIpc) is 2.49. The van der Waals surface area contributed by atoms with Crippen molar-refractivity contribution in [2.24, 2.45) is 0 Å². The van der Waals surface area contributed by atoms with Crippen LogP contribution in [0.1, 0.15) is 15.9 Å². The molecule has 0 aliphatic carbocycles. The minimum atomic E-state index is -1.11. The Kier molecular flexibility index (Phi) is 4.90. The lowest BCUT2D eigenvalue weighted by Crippen LogP contribution is -2.42. The molecule has 0 spiro atoms. The maximum atomic E-state index is 12.0. The molecule has 0 fully saturated rings. The molecule has 2 N–H and O–H groups in total. The SMILES string of the molecule is O=C(N[C@H](Cc1ccccc1Cl)C(=O)O)c1ccncc1. The fourth-order valence-corrected chi connectivity index (χ4v) is 2.04. The monoisotopic (exact) mass is 304 g/mol. The molecule has 108 valence electrons. The van der Waals surface area contributed by atoms with Crippen molar-refractivity contribution in [3.8, 4) is 0 Å². The van der Waals surface area contributed by atoms with Gasteiger partial charge in [0.2, 0.25) is 0 Å². The number of aromatic nitrogens is 1. The number of carboxylic acids is 1. The Morgan fingerprint density at radius 1 is 1.19 bits per heavy atom. The van der Waals surface area contributed by atoms with Crippen LogP contribution in [0.5, 0.6) is 0 Å². The van der Waals surface area contributed by atoms with E-state index in [1.165, 1.54) is 24.5 Å². The molecule has 0 bridgehead atoms. The molecule has 0 saturated carbocycles. The van der Waals surface area contributed by atoms with E-state index in [1.54, 1.807) is 24.3 Å². The summed E-state index contributed by atoms with van der Waals surface area (Å²) in [5.74, 6) is -1.57. The lowest BCUT2D eigenvalue weighted by molar-refractivity contribution is -0.139. The first-order valence-corrected chi connectivity index (χ1v) is 6.63. The second kappa shape index (κ2) is 6.85. The van der Waals surface area contributed by atoms with E-state index in [4.69, 9.17) is 11.6 Å². The number of pyridine rings is 1. The largest absolute Gasteiger partial charge is 0.480 e. The second-order valence-electron chi connectivity index (χ2n) is 4.40. The smallest absolute Gasteiger partial charge is 0.326 e. The van der Waals surface area contributed by atoms with Crippen molar-refractivity contribution in [3.63, 3.8) is 0 Å². The number of hydrogen-bond donors (Lipinski definition) is 2. The molecule has 0 aliphatic heterocycles. The number of aliphatic carboxylic acids is 1. The van der Waals surface area contributed by atoms with Gasteiger partial charge < -0.3 is 10.4 Å². The van der Waals surface area contributed by atoms with Crippen LogP contribution in [0, 0.1) is 0 Å². The first kappa shape index (κ1) is 15.0. The highest BCUT2D eigenvalue weighted by Crippen LogP contribution is 2.17. The summed E-state index contributed by atoms with van der Waals surface area (Å²) < 4.78 is 0. The molecule has 0 radical (unpaired) electrons. The third-order valence-electron chi connectivity index (χ3n) is 2.93. The van der Waals surface area contributed by atoms with Crippen molar-refractivity contribution < 1.29 is 14.7 Å². The minimum absolute atomic E-state index is 0.117. The molecule has 1 amide bonds. The van der Waals surface area contributed by atoms with Crippen molar-refractivity contribution >= 4 is 23.5 Å². The summed E-state index contributed by atoms with van der Waals surface area (Å²) in [5.41, 5.74) is 1.03. The topological polar surface area (TPSA) is 79.3 Å². The lowest BCUT2D eigenvalue weighted by Gasteiger charge is -2.15. The van der Waals surface area contributed by atoms with Gasteiger partial charge in [-0.05, 0) is 23.8 Å². The van der Waals surface area contributed by atoms with E-state index < -0.39 is 17.9 Å². The van der Waals surface area contributed by atoms with Crippen molar-refractivity contribution in [1.82, 2.24) is 10.3 Å².